The van der Waals surface area contributed by atoms with E-state index >= 15 is 0 Å². The van der Waals surface area contributed by atoms with E-state index in [1.807, 2.05) is 12.4 Å². The summed E-state index contributed by atoms with van der Waals surface area (Å²) < 4.78 is 2.20. The van der Waals surface area contributed by atoms with Gasteiger partial charge < -0.3 is 9.47 Å². The molecule has 0 bridgehead atoms. The number of carbonyl (C=O) groups excluding carboxylic acids is 3. The van der Waals surface area contributed by atoms with E-state index in [-0.39, 0.29) is 24.3 Å². The Bertz CT molecular complexity index is 877. The highest BCUT2D eigenvalue weighted by molar-refractivity contribution is 6.22. The van der Waals surface area contributed by atoms with Gasteiger partial charge in [0.15, 0.2) is 0 Å². The number of carbonyl (C=O) groups is 3. The van der Waals surface area contributed by atoms with Crippen LogP contribution in [-0.2, 0) is 17.8 Å². The average molecular weight is 380 g/mol. The zero-order chi connectivity index (χ0) is 19.7. The van der Waals surface area contributed by atoms with Gasteiger partial charge in [-0.05, 0) is 30.9 Å². The first-order valence-electron chi connectivity index (χ1n) is 9.81. The normalized spacial score (nSPS) is 17.3. The van der Waals surface area contributed by atoms with Gasteiger partial charge in [-0.25, -0.2) is 4.98 Å². The van der Waals surface area contributed by atoms with E-state index in [1.165, 1.54) is 0 Å². The zero-order valence-electron chi connectivity index (χ0n) is 16.0. The maximum Gasteiger partial charge on any atom is 0.262 e. The highest BCUT2D eigenvalue weighted by Crippen LogP contribution is 2.24. The van der Waals surface area contributed by atoms with Crippen LogP contribution in [0.2, 0.25) is 0 Å². The molecular weight excluding hydrogens is 356 g/mol. The molecule has 7 heteroatoms. The lowest BCUT2D eigenvalue weighted by atomic mass is 9.96. The Labute approximate surface area is 163 Å². The van der Waals surface area contributed by atoms with Crippen LogP contribution < -0.4 is 0 Å². The van der Waals surface area contributed by atoms with Crippen molar-refractivity contribution < 1.29 is 14.4 Å². The van der Waals surface area contributed by atoms with Gasteiger partial charge in [-0.15, -0.1) is 0 Å². The van der Waals surface area contributed by atoms with Crippen molar-refractivity contribution in [2.75, 3.05) is 19.6 Å². The van der Waals surface area contributed by atoms with Crippen molar-refractivity contribution in [3.63, 3.8) is 0 Å². The summed E-state index contributed by atoms with van der Waals surface area (Å²) in [6, 6.07) is 6.72. The molecule has 1 saturated heterocycles. The van der Waals surface area contributed by atoms with Gasteiger partial charge in [0.1, 0.15) is 12.4 Å². The molecule has 1 aromatic carbocycles. The molecule has 3 heterocycles. The van der Waals surface area contributed by atoms with E-state index in [0.29, 0.717) is 30.1 Å². The number of aryl methyl sites for hydroxylation is 1. The molecule has 1 aromatic heterocycles. The summed E-state index contributed by atoms with van der Waals surface area (Å²) in [5.74, 6) is 0.670. The van der Waals surface area contributed by atoms with Gasteiger partial charge in [0.2, 0.25) is 5.91 Å². The Morgan fingerprint density at radius 3 is 2.36 bits per heavy atom. The number of piperidine rings is 1. The Balaban J connectivity index is 1.33. The molecule has 0 aliphatic carbocycles. The minimum absolute atomic E-state index is 0.162. The summed E-state index contributed by atoms with van der Waals surface area (Å²) in [7, 11) is 0. The largest absolute Gasteiger partial charge is 0.341 e. The smallest absolute Gasteiger partial charge is 0.262 e. The highest BCUT2D eigenvalue weighted by atomic mass is 16.2. The van der Waals surface area contributed by atoms with Gasteiger partial charge in [0, 0.05) is 38.4 Å². The van der Waals surface area contributed by atoms with Crippen LogP contribution in [-0.4, -0.2) is 56.7 Å². The summed E-state index contributed by atoms with van der Waals surface area (Å²) in [6.07, 6.45) is 6.58. The molecule has 0 radical (unpaired) electrons. The molecule has 3 amide bonds. The zero-order valence-corrected chi connectivity index (χ0v) is 16.0. The molecule has 0 saturated carbocycles. The molecule has 7 nitrogen and oxygen atoms in total. The predicted octanol–water partition coefficient (Wildman–Crippen LogP) is 1.98. The second kappa shape index (κ2) is 7.58. The van der Waals surface area contributed by atoms with Crippen LogP contribution in [0.4, 0.5) is 0 Å². The second-order valence-electron chi connectivity index (χ2n) is 7.42. The summed E-state index contributed by atoms with van der Waals surface area (Å²) >= 11 is 0. The van der Waals surface area contributed by atoms with Gasteiger partial charge >= 0.3 is 0 Å². The minimum atomic E-state index is -0.379. The fourth-order valence-electron chi connectivity index (χ4n) is 4.08. The third-order valence-corrected chi connectivity index (χ3v) is 5.71. The molecule has 2 aliphatic rings. The quantitative estimate of drug-likeness (QED) is 0.744. The molecule has 2 aliphatic heterocycles. The fraction of sp³-hybridized carbons (Fsp3) is 0.429. The van der Waals surface area contributed by atoms with E-state index in [2.05, 4.69) is 16.5 Å². The monoisotopic (exact) mass is 380 g/mol. The molecule has 2 aromatic rings. The van der Waals surface area contributed by atoms with E-state index < -0.39 is 0 Å². The number of aromatic nitrogens is 2. The first-order chi connectivity index (χ1) is 13.6. The van der Waals surface area contributed by atoms with Crippen LogP contribution in [0, 0.1) is 5.92 Å². The van der Waals surface area contributed by atoms with E-state index in [9.17, 15) is 14.4 Å². The van der Waals surface area contributed by atoms with Crippen molar-refractivity contribution in [3.8, 4) is 0 Å². The molecular formula is C21H24N4O3. The first kappa shape index (κ1) is 18.4. The van der Waals surface area contributed by atoms with Crippen molar-refractivity contribution in [3.05, 3.63) is 53.6 Å². The first-order valence-corrected chi connectivity index (χ1v) is 9.81. The van der Waals surface area contributed by atoms with Gasteiger partial charge in [0.25, 0.3) is 11.8 Å². The summed E-state index contributed by atoms with van der Waals surface area (Å²) in [5.41, 5.74) is 0.761. The second-order valence-corrected chi connectivity index (χ2v) is 7.42. The summed E-state index contributed by atoms with van der Waals surface area (Å²) in [6.45, 7) is 4.15. The number of imidazole rings is 1. The minimum Gasteiger partial charge on any atom is -0.341 e. The van der Waals surface area contributed by atoms with Crippen molar-refractivity contribution in [2.24, 2.45) is 5.92 Å². The van der Waals surface area contributed by atoms with Crippen LogP contribution >= 0.6 is 0 Å². The van der Waals surface area contributed by atoms with Crippen molar-refractivity contribution in [1.29, 1.82) is 0 Å². The molecule has 0 N–H and O–H groups in total. The molecule has 0 spiro atoms. The molecule has 1 fully saturated rings. The van der Waals surface area contributed by atoms with Gasteiger partial charge in [-0.2, -0.15) is 0 Å². The maximum atomic E-state index is 12.7. The lowest BCUT2D eigenvalue weighted by Gasteiger charge is -2.33. The lowest BCUT2D eigenvalue weighted by Crippen LogP contribution is -2.46. The Morgan fingerprint density at radius 1 is 1.11 bits per heavy atom. The topological polar surface area (TPSA) is 75.5 Å². The van der Waals surface area contributed by atoms with E-state index in [0.717, 1.165) is 36.5 Å². The van der Waals surface area contributed by atoms with Crippen LogP contribution in [0.5, 0.6) is 0 Å². The van der Waals surface area contributed by atoms with Crippen LogP contribution in [0.3, 0.4) is 0 Å². The maximum absolute atomic E-state index is 12.7. The van der Waals surface area contributed by atoms with Crippen molar-refractivity contribution in [2.45, 2.75) is 32.7 Å². The number of nitrogens with zero attached hydrogens (tertiary/aromatic N) is 4. The predicted molar refractivity (Wildman–Crippen MR) is 103 cm³/mol. The van der Waals surface area contributed by atoms with Gasteiger partial charge in [-0.3, -0.25) is 19.3 Å². The highest BCUT2D eigenvalue weighted by Gasteiger charge is 2.37. The van der Waals surface area contributed by atoms with E-state index in [1.54, 1.807) is 29.2 Å². The number of amides is 3. The average Bonchev–Trinajstić information content (AvgIpc) is 3.27. The molecule has 0 unspecified atom stereocenters. The van der Waals surface area contributed by atoms with Crippen LogP contribution in [0.25, 0.3) is 0 Å². The number of imide groups is 1. The van der Waals surface area contributed by atoms with Crippen molar-refractivity contribution >= 4 is 17.7 Å². The lowest BCUT2D eigenvalue weighted by molar-refractivity contribution is -0.132. The number of benzene rings is 1. The Hall–Kier alpha value is -2.96. The van der Waals surface area contributed by atoms with Gasteiger partial charge in [0.05, 0.1) is 11.1 Å². The molecule has 28 heavy (non-hydrogen) atoms. The summed E-state index contributed by atoms with van der Waals surface area (Å²) in [4.78, 5) is 44.8. The SMILES string of the molecule is CCc1nccn1CC1CCN(C(=O)CN2C(=O)c3ccccc3C2=O)CC1. The fourth-order valence-corrected chi connectivity index (χ4v) is 4.08. The number of rotatable bonds is 5. The van der Waals surface area contributed by atoms with Crippen molar-refractivity contribution in [1.82, 2.24) is 19.4 Å². The number of likely N-dealkylation sites (tertiary alicyclic amines) is 1. The standard InChI is InChI=1S/C21H24N4O3/c1-2-18-22-9-12-24(18)13-15-7-10-23(11-8-15)19(26)14-25-20(27)16-5-3-4-6-17(16)21(25)28/h3-6,9,12,15H,2,7-8,10-11,13-14H2,1H3. The Morgan fingerprint density at radius 2 is 1.75 bits per heavy atom. The number of hydrogen-bond acceptors (Lipinski definition) is 4. The third-order valence-electron chi connectivity index (χ3n) is 5.71. The van der Waals surface area contributed by atoms with Crippen LogP contribution in [0.15, 0.2) is 36.7 Å². The van der Waals surface area contributed by atoms with Crippen LogP contribution in [0.1, 0.15) is 46.3 Å². The Kier molecular flexibility index (Phi) is 4.98. The molecule has 4 rings (SSSR count). The number of hydrogen-bond donors (Lipinski definition) is 0. The molecule has 0 atom stereocenters. The third kappa shape index (κ3) is 3.32. The van der Waals surface area contributed by atoms with E-state index in [4.69, 9.17) is 0 Å². The summed E-state index contributed by atoms with van der Waals surface area (Å²) in [5, 5.41) is 0. The molecule has 146 valence electrons. The number of fused-ring (bicyclic) bond motifs is 1. The van der Waals surface area contributed by atoms with Gasteiger partial charge in [-0.1, -0.05) is 19.1 Å².